The average molecular weight is 284 g/mol. The molecule has 0 aromatic carbocycles. The Bertz CT molecular complexity index is 491. The van der Waals surface area contributed by atoms with Gasteiger partial charge >= 0.3 is 0 Å². The standard InChI is InChI=1S/C13H15ClFN3O/c14-13-16-5-10(15)12(18-13)17-11-8-3-1-7(2-4-8)9(11)6-19/h5-9,11H,1-4H2,(H,16,17,18). The fourth-order valence-electron chi connectivity index (χ4n) is 3.51. The van der Waals surface area contributed by atoms with Crippen LogP contribution in [0.4, 0.5) is 10.2 Å². The highest BCUT2D eigenvalue weighted by Crippen LogP contribution is 2.45. The minimum atomic E-state index is -0.532. The summed E-state index contributed by atoms with van der Waals surface area (Å²) in [4.78, 5) is 18.8. The highest BCUT2D eigenvalue weighted by molar-refractivity contribution is 6.28. The zero-order valence-corrected chi connectivity index (χ0v) is 11.1. The highest BCUT2D eigenvalue weighted by Gasteiger charge is 2.43. The summed E-state index contributed by atoms with van der Waals surface area (Å²) < 4.78 is 13.7. The van der Waals surface area contributed by atoms with Gasteiger partial charge in [0.05, 0.1) is 6.20 Å². The summed E-state index contributed by atoms with van der Waals surface area (Å²) in [5.41, 5.74) is 0. The van der Waals surface area contributed by atoms with Gasteiger partial charge in [0, 0.05) is 12.0 Å². The number of anilines is 1. The number of carbonyl (C=O) groups excluding carboxylic acids is 1. The first-order chi connectivity index (χ1) is 9.19. The van der Waals surface area contributed by atoms with Crippen molar-refractivity contribution in [2.75, 3.05) is 5.32 Å². The molecule has 0 saturated heterocycles. The van der Waals surface area contributed by atoms with E-state index < -0.39 is 5.82 Å². The molecule has 1 aromatic rings. The molecule has 3 fully saturated rings. The number of aldehydes is 1. The van der Waals surface area contributed by atoms with E-state index in [-0.39, 0.29) is 23.1 Å². The normalized spacial score (nSPS) is 33.2. The van der Waals surface area contributed by atoms with Crippen molar-refractivity contribution in [3.05, 3.63) is 17.3 Å². The molecule has 1 heterocycles. The first-order valence-corrected chi connectivity index (χ1v) is 6.96. The van der Waals surface area contributed by atoms with Gasteiger partial charge in [-0.25, -0.2) is 9.37 Å². The molecule has 3 aliphatic rings. The smallest absolute Gasteiger partial charge is 0.224 e. The summed E-state index contributed by atoms with van der Waals surface area (Å²) in [6.07, 6.45) is 6.43. The monoisotopic (exact) mass is 283 g/mol. The average Bonchev–Trinajstić information content (AvgIpc) is 2.44. The third kappa shape index (κ3) is 2.31. The lowest BCUT2D eigenvalue weighted by Gasteiger charge is -2.46. The lowest BCUT2D eigenvalue weighted by Crippen LogP contribution is -2.49. The van der Waals surface area contributed by atoms with Gasteiger partial charge in [0.15, 0.2) is 11.6 Å². The van der Waals surface area contributed by atoms with Crippen molar-refractivity contribution in [1.82, 2.24) is 9.97 Å². The molecule has 2 unspecified atom stereocenters. The van der Waals surface area contributed by atoms with E-state index in [0.29, 0.717) is 11.8 Å². The van der Waals surface area contributed by atoms with Crippen LogP contribution in [0.3, 0.4) is 0 Å². The van der Waals surface area contributed by atoms with Gasteiger partial charge in [-0.1, -0.05) is 0 Å². The molecule has 102 valence electrons. The minimum absolute atomic E-state index is 0.00696. The molecule has 1 aromatic heterocycles. The number of nitrogens with zero attached hydrogens (tertiary/aromatic N) is 2. The lowest BCUT2D eigenvalue weighted by molar-refractivity contribution is -0.116. The van der Waals surface area contributed by atoms with Crippen LogP contribution in [-0.2, 0) is 4.79 Å². The summed E-state index contributed by atoms with van der Waals surface area (Å²) in [7, 11) is 0. The van der Waals surface area contributed by atoms with Crippen LogP contribution in [0.1, 0.15) is 25.7 Å². The fraction of sp³-hybridized carbons (Fsp3) is 0.615. The van der Waals surface area contributed by atoms with Gasteiger partial charge < -0.3 is 10.1 Å². The Morgan fingerprint density at radius 1 is 1.32 bits per heavy atom. The molecule has 1 N–H and O–H groups in total. The zero-order chi connectivity index (χ0) is 13.4. The SMILES string of the molecule is O=CC1C2CCC(CC2)C1Nc1nc(Cl)ncc1F. The molecule has 2 bridgehead atoms. The predicted molar refractivity (Wildman–Crippen MR) is 69.4 cm³/mol. The molecule has 4 rings (SSSR count). The maximum Gasteiger partial charge on any atom is 0.224 e. The Hall–Kier alpha value is -1.23. The molecule has 0 aliphatic heterocycles. The van der Waals surface area contributed by atoms with Gasteiger partial charge in [-0.05, 0) is 49.1 Å². The molecular weight excluding hydrogens is 269 g/mol. The van der Waals surface area contributed by atoms with E-state index in [1.807, 2.05) is 0 Å². The van der Waals surface area contributed by atoms with E-state index in [9.17, 15) is 9.18 Å². The van der Waals surface area contributed by atoms with E-state index in [1.165, 1.54) is 0 Å². The van der Waals surface area contributed by atoms with Crippen LogP contribution in [0.2, 0.25) is 5.28 Å². The van der Waals surface area contributed by atoms with Crippen molar-refractivity contribution in [3.63, 3.8) is 0 Å². The van der Waals surface area contributed by atoms with Crippen LogP contribution >= 0.6 is 11.6 Å². The van der Waals surface area contributed by atoms with E-state index in [1.54, 1.807) is 0 Å². The van der Waals surface area contributed by atoms with Crippen molar-refractivity contribution >= 4 is 23.7 Å². The van der Waals surface area contributed by atoms with Crippen LogP contribution in [0.15, 0.2) is 6.20 Å². The van der Waals surface area contributed by atoms with Gasteiger partial charge in [-0.2, -0.15) is 4.98 Å². The second-order valence-electron chi connectivity index (χ2n) is 5.39. The van der Waals surface area contributed by atoms with Crippen molar-refractivity contribution in [3.8, 4) is 0 Å². The number of carbonyl (C=O) groups is 1. The fourth-order valence-corrected chi connectivity index (χ4v) is 3.64. The number of rotatable bonds is 3. The topological polar surface area (TPSA) is 54.9 Å². The largest absolute Gasteiger partial charge is 0.364 e. The number of hydrogen-bond acceptors (Lipinski definition) is 4. The maximum absolute atomic E-state index is 13.7. The number of aromatic nitrogens is 2. The Morgan fingerprint density at radius 3 is 2.68 bits per heavy atom. The summed E-state index contributed by atoms with van der Waals surface area (Å²) in [5, 5.41) is 3.09. The number of hydrogen-bond donors (Lipinski definition) is 1. The second-order valence-corrected chi connectivity index (χ2v) is 5.73. The molecule has 19 heavy (non-hydrogen) atoms. The van der Waals surface area contributed by atoms with E-state index in [0.717, 1.165) is 38.2 Å². The Balaban J connectivity index is 1.85. The molecule has 4 nitrogen and oxygen atoms in total. The third-order valence-electron chi connectivity index (χ3n) is 4.46. The van der Waals surface area contributed by atoms with Gasteiger partial charge in [-0.3, -0.25) is 0 Å². The van der Waals surface area contributed by atoms with Crippen molar-refractivity contribution < 1.29 is 9.18 Å². The van der Waals surface area contributed by atoms with Crippen LogP contribution in [-0.4, -0.2) is 22.3 Å². The molecule has 0 radical (unpaired) electrons. The molecule has 6 heteroatoms. The Labute approximate surface area is 115 Å². The number of fused-ring (bicyclic) bond motifs is 3. The third-order valence-corrected chi connectivity index (χ3v) is 4.64. The first kappa shape index (κ1) is 12.8. The van der Waals surface area contributed by atoms with Crippen LogP contribution in [0.25, 0.3) is 0 Å². The highest BCUT2D eigenvalue weighted by atomic mass is 35.5. The van der Waals surface area contributed by atoms with Crippen molar-refractivity contribution in [1.29, 1.82) is 0 Å². The molecule has 0 amide bonds. The van der Waals surface area contributed by atoms with Crippen molar-refractivity contribution in [2.45, 2.75) is 31.7 Å². The van der Waals surface area contributed by atoms with Gasteiger partial charge in [0.25, 0.3) is 0 Å². The predicted octanol–water partition coefficient (Wildman–Crippen LogP) is 2.68. The second kappa shape index (κ2) is 5.04. The van der Waals surface area contributed by atoms with E-state index in [4.69, 9.17) is 11.6 Å². The summed E-state index contributed by atoms with van der Waals surface area (Å²) in [6, 6.07) is -0.0366. The number of nitrogens with one attached hydrogen (secondary N) is 1. The quantitative estimate of drug-likeness (QED) is 0.684. The van der Waals surface area contributed by atoms with Gasteiger partial charge in [0.2, 0.25) is 5.28 Å². The zero-order valence-electron chi connectivity index (χ0n) is 10.4. The summed E-state index contributed by atoms with van der Waals surface area (Å²) in [6.45, 7) is 0. The summed E-state index contributed by atoms with van der Waals surface area (Å²) in [5.74, 6) is 0.342. The van der Waals surface area contributed by atoms with Crippen LogP contribution in [0.5, 0.6) is 0 Å². The molecule has 2 atom stereocenters. The molecule has 3 aliphatic carbocycles. The van der Waals surface area contributed by atoms with Gasteiger partial charge in [-0.15, -0.1) is 0 Å². The molecular formula is C13H15ClFN3O. The molecule has 3 saturated carbocycles. The molecule has 0 spiro atoms. The van der Waals surface area contributed by atoms with Crippen molar-refractivity contribution in [2.24, 2.45) is 17.8 Å². The summed E-state index contributed by atoms with van der Waals surface area (Å²) >= 11 is 5.69. The van der Waals surface area contributed by atoms with Crippen LogP contribution < -0.4 is 5.32 Å². The maximum atomic E-state index is 13.7. The lowest BCUT2D eigenvalue weighted by atomic mass is 9.62. The van der Waals surface area contributed by atoms with E-state index in [2.05, 4.69) is 15.3 Å². The van der Waals surface area contributed by atoms with Crippen LogP contribution in [0, 0.1) is 23.6 Å². The van der Waals surface area contributed by atoms with Gasteiger partial charge in [0.1, 0.15) is 6.29 Å². The Kier molecular flexibility index (Phi) is 3.39. The number of halogens is 2. The first-order valence-electron chi connectivity index (χ1n) is 6.59. The Morgan fingerprint density at radius 2 is 2.00 bits per heavy atom. The van der Waals surface area contributed by atoms with E-state index >= 15 is 0 Å². The minimum Gasteiger partial charge on any atom is -0.364 e.